The first-order chi connectivity index (χ1) is 12.3. The highest BCUT2D eigenvalue weighted by Crippen LogP contribution is 2.28. The molecule has 0 heterocycles. The van der Waals surface area contributed by atoms with Crippen LogP contribution in [-0.2, 0) is 4.79 Å². The molecular formula is C18H18ClFN2O4. The van der Waals surface area contributed by atoms with Crippen LogP contribution in [-0.4, -0.2) is 17.4 Å². The van der Waals surface area contributed by atoms with E-state index in [9.17, 15) is 19.3 Å². The summed E-state index contributed by atoms with van der Waals surface area (Å²) >= 11 is 5.93. The van der Waals surface area contributed by atoms with Crippen molar-refractivity contribution in [2.75, 3.05) is 6.61 Å². The molecule has 1 unspecified atom stereocenters. The van der Waals surface area contributed by atoms with Crippen LogP contribution in [0.15, 0.2) is 42.5 Å². The Bertz CT molecular complexity index is 796. The molecule has 1 atom stereocenters. The number of halogens is 2. The molecule has 1 N–H and O–H groups in total. The van der Waals surface area contributed by atoms with E-state index in [1.165, 1.54) is 24.3 Å². The van der Waals surface area contributed by atoms with Crippen LogP contribution in [0.25, 0.3) is 0 Å². The predicted octanol–water partition coefficient (Wildman–Crippen LogP) is 4.28. The lowest BCUT2D eigenvalue weighted by Crippen LogP contribution is -2.35. The minimum Gasteiger partial charge on any atom is -0.482 e. The average molecular weight is 381 g/mol. The number of carbonyl (C=O) groups excluding carboxylic acids is 1. The zero-order valence-corrected chi connectivity index (χ0v) is 15.0. The molecular weight excluding hydrogens is 363 g/mol. The fourth-order valence-corrected chi connectivity index (χ4v) is 2.61. The van der Waals surface area contributed by atoms with Gasteiger partial charge in [-0.2, -0.15) is 0 Å². The molecule has 8 heteroatoms. The monoisotopic (exact) mass is 380 g/mol. The highest BCUT2D eigenvalue weighted by atomic mass is 35.5. The summed E-state index contributed by atoms with van der Waals surface area (Å²) in [5.74, 6) is -0.483. The maximum absolute atomic E-state index is 13.1. The number of rotatable bonds is 7. The van der Waals surface area contributed by atoms with Crippen LogP contribution < -0.4 is 10.1 Å². The molecule has 138 valence electrons. The van der Waals surface area contributed by atoms with Crippen LogP contribution in [0.2, 0.25) is 5.02 Å². The molecule has 2 aromatic carbocycles. The van der Waals surface area contributed by atoms with Crippen molar-refractivity contribution in [2.24, 2.45) is 5.92 Å². The van der Waals surface area contributed by atoms with Crippen LogP contribution in [0.3, 0.4) is 0 Å². The molecule has 0 spiro atoms. The van der Waals surface area contributed by atoms with E-state index in [0.717, 1.165) is 11.6 Å². The van der Waals surface area contributed by atoms with Gasteiger partial charge in [-0.05, 0) is 29.7 Å². The zero-order chi connectivity index (χ0) is 19.3. The number of nitrogens with one attached hydrogen (secondary N) is 1. The highest BCUT2D eigenvalue weighted by molar-refractivity contribution is 6.32. The van der Waals surface area contributed by atoms with E-state index in [1.54, 1.807) is 12.1 Å². The predicted molar refractivity (Wildman–Crippen MR) is 95.7 cm³/mol. The van der Waals surface area contributed by atoms with Crippen molar-refractivity contribution in [2.45, 2.75) is 19.9 Å². The first-order valence-electron chi connectivity index (χ1n) is 7.89. The van der Waals surface area contributed by atoms with E-state index in [2.05, 4.69) is 5.32 Å². The summed E-state index contributed by atoms with van der Waals surface area (Å²) in [6, 6.07) is 9.35. The Morgan fingerprint density at radius 2 is 1.92 bits per heavy atom. The van der Waals surface area contributed by atoms with Crippen molar-refractivity contribution >= 4 is 23.2 Å². The van der Waals surface area contributed by atoms with Crippen LogP contribution in [0.4, 0.5) is 10.1 Å². The van der Waals surface area contributed by atoms with Gasteiger partial charge in [0.15, 0.2) is 6.61 Å². The minimum absolute atomic E-state index is 0.0472. The fourth-order valence-electron chi connectivity index (χ4n) is 2.38. The summed E-state index contributed by atoms with van der Waals surface area (Å²) in [7, 11) is 0. The van der Waals surface area contributed by atoms with Gasteiger partial charge in [0.05, 0.1) is 16.0 Å². The van der Waals surface area contributed by atoms with Crippen molar-refractivity contribution in [3.05, 3.63) is 69.0 Å². The molecule has 2 aromatic rings. The molecule has 6 nitrogen and oxygen atoms in total. The molecule has 0 aliphatic heterocycles. The van der Waals surface area contributed by atoms with E-state index >= 15 is 0 Å². The zero-order valence-electron chi connectivity index (χ0n) is 14.2. The van der Waals surface area contributed by atoms with Gasteiger partial charge in [0.1, 0.15) is 11.6 Å². The van der Waals surface area contributed by atoms with Gasteiger partial charge in [0, 0.05) is 12.1 Å². The maximum Gasteiger partial charge on any atom is 0.271 e. The topological polar surface area (TPSA) is 81.5 Å². The second-order valence-electron chi connectivity index (χ2n) is 6.00. The fraction of sp³-hybridized carbons (Fsp3) is 0.278. The van der Waals surface area contributed by atoms with Crippen LogP contribution in [0.1, 0.15) is 25.5 Å². The number of benzene rings is 2. The largest absolute Gasteiger partial charge is 0.482 e. The first kappa shape index (κ1) is 19.7. The second kappa shape index (κ2) is 8.62. The Kier molecular flexibility index (Phi) is 6.52. The lowest BCUT2D eigenvalue weighted by Gasteiger charge is -2.23. The molecule has 0 aromatic heterocycles. The highest BCUT2D eigenvalue weighted by Gasteiger charge is 2.19. The van der Waals surface area contributed by atoms with Gasteiger partial charge in [-0.25, -0.2) is 4.39 Å². The van der Waals surface area contributed by atoms with Crippen molar-refractivity contribution in [3.8, 4) is 5.75 Å². The van der Waals surface area contributed by atoms with Crippen molar-refractivity contribution in [1.82, 2.24) is 5.32 Å². The Balaban J connectivity index is 2.00. The van der Waals surface area contributed by atoms with E-state index < -0.39 is 4.92 Å². The molecule has 0 aliphatic carbocycles. The number of nitrogens with zero attached hydrogens (tertiary/aromatic N) is 1. The lowest BCUT2D eigenvalue weighted by atomic mass is 9.96. The van der Waals surface area contributed by atoms with E-state index in [-0.39, 0.29) is 46.8 Å². The van der Waals surface area contributed by atoms with E-state index in [1.807, 2.05) is 13.8 Å². The number of nitro groups is 1. The van der Waals surface area contributed by atoms with Gasteiger partial charge in [-0.3, -0.25) is 14.9 Å². The molecule has 0 bridgehead atoms. The van der Waals surface area contributed by atoms with Crippen LogP contribution in [0.5, 0.6) is 5.75 Å². The summed E-state index contributed by atoms with van der Waals surface area (Å²) in [6.07, 6.45) is 0. The third-order valence-electron chi connectivity index (χ3n) is 3.70. The molecule has 26 heavy (non-hydrogen) atoms. The lowest BCUT2D eigenvalue weighted by molar-refractivity contribution is -0.384. The van der Waals surface area contributed by atoms with Gasteiger partial charge in [-0.1, -0.05) is 37.6 Å². The Hall–Kier alpha value is -2.67. The number of hydrogen-bond acceptors (Lipinski definition) is 4. The number of ether oxygens (including phenoxy) is 1. The molecule has 0 radical (unpaired) electrons. The van der Waals surface area contributed by atoms with Gasteiger partial charge >= 0.3 is 0 Å². The van der Waals surface area contributed by atoms with Gasteiger partial charge in [-0.15, -0.1) is 0 Å². The van der Waals surface area contributed by atoms with Crippen LogP contribution in [0, 0.1) is 21.8 Å². The summed E-state index contributed by atoms with van der Waals surface area (Å²) in [5.41, 5.74) is 0.617. The number of nitro benzene ring substituents is 1. The third-order valence-corrected chi connectivity index (χ3v) is 3.99. The number of non-ortho nitro benzene ring substituents is 1. The average Bonchev–Trinajstić information content (AvgIpc) is 2.59. The molecule has 0 fully saturated rings. The van der Waals surface area contributed by atoms with E-state index in [4.69, 9.17) is 16.3 Å². The summed E-state index contributed by atoms with van der Waals surface area (Å²) in [4.78, 5) is 22.3. The van der Waals surface area contributed by atoms with Crippen molar-refractivity contribution < 1.29 is 18.8 Å². The second-order valence-corrected chi connectivity index (χ2v) is 6.41. The number of amides is 1. The van der Waals surface area contributed by atoms with Crippen molar-refractivity contribution in [3.63, 3.8) is 0 Å². The Morgan fingerprint density at radius 3 is 2.46 bits per heavy atom. The molecule has 0 saturated heterocycles. The Morgan fingerprint density at radius 1 is 1.27 bits per heavy atom. The molecule has 1 amide bonds. The van der Waals surface area contributed by atoms with Crippen LogP contribution >= 0.6 is 11.6 Å². The third kappa shape index (κ3) is 5.16. The minimum atomic E-state index is -0.571. The summed E-state index contributed by atoms with van der Waals surface area (Å²) < 4.78 is 18.4. The van der Waals surface area contributed by atoms with Crippen molar-refractivity contribution in [1.29, 1.82) is 0 Å². The normalized spacial score (nSPS) is 11.9. The van der Waals surface area contributed by atoms with Gasteiger partial charge in [0.25, 0.3) is 11.6 Å². The quantitative estimate of drug-likeness (QED) is 0.574. The summed E-state index contributed by atoms with van der Waals surface area (Å²) in [6.45, 7) is 3.56. The first-order valence-corrected chi connectivity index (χ1v) is 8.27. The maximum atomic E-state index is 13.1. The smallest absolute Gasteiger partial charge is 0.271 e. The number of carbonyl (C=O) groups is 1. The number of hydrogen-bond donors (Lipinski definition) is 1. The standard InChI is InChI=1S/C18H18ClFN2O4/c1-11(2)18(12-3-5-13(20)6-4-12)21-17(23)10-26-16-8-7-14(22(24)25)9-15(16)19/h3-9,11,18H,10H2,1-2H3,(H,21,23). The van der Waals surface area contributed by atoms with Gasteiger partial charge < -0.3 is 10.1 Å². The van der Waals surface area contributed by atoms with Gasteiger partial charge in [0.2, 0.25) is 0 Å². The Labute approximate surface area is 155 Å². The molecule has 2 rings (SSSR count). The SMILES string of the molecule is CC(C)C(NC(=O)COc1ccc([N+](=O)[O-])cc1Cl)c1ccc(F)cc1. The molecule has 0 saturated carbocycles. The summed E-state index contributed by atoms with van der Waals surface area (Å²) in [5, 5.41) is 13.6. The van der Waals surface area contributed by atoms with E-state index in [0.29, 0.717) is 0 Å². The molecule has 0 aliphatic rings.